The first-order chi connectivity index (χ1) is 7.09. The monoisotopic (exact) mass is 204 g/mol. The molecule has 0 saturated carbocycles. The van der Waals surface area contributed by atoms with E-state index in [0.29, 0.717) is 12.0 Å². The van der Waals surface area contributed by atoms with Gasteiger partial charge in [-0.25, -0.2) is 4.79 Å². The summed E-state index contributed by atoms with van der Waals surface area (Å²) >= 11 is 0. The van der Waals surface area contributed by atoms with Crippen molar-refractivity contribution >= 4 is 11.8 Å². The molecule has 1 rings (SSSR count). The van der Waals surface area contributed by atoms with Crippen LogP contribution in [0.1, 0.15) is 12.5 Å². The Morgan fingerprint density at radius 3 is 2.33 bits per heavy atom. The fourth-order valence-corrected chi connectivity index (χ4v) is 1.24. The normalized spacial score (nSPS) is 11.1. The van der Waals surface area contributed by atoms with Gasteiger partial charge >= 0.3 is 5.97 Å². The van der Waals surface area contributed by atoms with Crippen LogP contribution in [-0.2, 0) is 16.0 Å². The summed E-state index contributed by atoms with van der Waals surface area (Å²) in [5.41, 5.74) is 1.24. The predicted octanol–water partition coefficient (Wildman–Crippen LogP) is 1.83. The maximum atomic E-state index is 11.2. The number of allylic oxidation sites excluding steroid dienone is 1. The van der Waals surface area contributed by atoms with E-state index in [1.165, 1.54) is 6.92 Å². The molecule has 3 heteroatoms. The molecule has 0 spiro atoms. The zero-order chi connectivity index (χ0) is 11.3. The lowest BCUT2D eigenvalue weighted by Crippen LogP contribution is -2.04. The predicted molar refractivity (Wildman–Crippen MR) is 56.5 cm³/mol. The number of Topliss-reactive ketones (excluding diaryl/α,β-unsaturated/α-hetero) is 1. The van der Waals surface area contributed by atoms with Crippen molar-refractivity contribution in [1.82, 2.24) is 0 Å². The molecule has 0 heterocycles. The number of rotatable bonds is 4. The van der Waals surface area contributed by atoms with Crippen molar-refractivity contribution in [1.29, 1.82) is 0 Å². The quantitative estimate of drug-likeness (QED) is 0.761. The number of carboxylic acids is 1. The van der Waals surface area contributed by atoms with Crippen LogP contribution in [0.25, 0.3) is 0 Å². The molecule has 1 aromatic carbocycles. The first kappa shape index (κ1) is 11.2. The molecule has 0 aliphatic carbocycles. The summed E-state index contributed by atoms with van der Waals surface area (Å²) < 4.78 is 0. The van der Waals surface area contributed by atoms with Gasteiger partial charge in [-0.05, 0) is 12.5 Å². The van der Waals surface area contributed by atoms with Crippen molar-refractivity contribution in [2.24, 2.45) is 0 Å². The zero-order valence-corrected chi connectivity index (χ0v) is 8.43. The van der Waals surface area contributed by atoms with Crippen molar-refractivity contribution in [3.63, 3.8) is 0 Å². The third kappa shape index (κ3) is 3.77. The van der Waals surface area contributed by atoms with E-state index in [4.69, 9.17) is 5.11 Å². The van der Waals surface area contributed by atoms with Gasteiger partial charge in [-0.3, -0.25) is 4.79 Å². The summed E-state index contributed by atoms with van der Waals surface area (Å²) in [7, 11) is 0. The molecule has 0 bridgehead atoms. The minimum atomic E-state index is -1.09. The molecule has 0 atom stereocenters. The standard InChI is InChI=1S/C12H12O3/c1-9(13)11(8-12(14)15)7-10-5-3-2-4-6-10/h2-6,8H,7H2,1H3,(H,14,15)/b11-8-. The molecule has 1 aromatic rings. The third-order valence-corrected chi connectivity index (χ3v) is 1.99. The summed E-state index contributed by atoms with van der Waals surface area (Å²) in [5.74, 6) is -1.29. The summed E-state index contributed by atoms with van der Waals surface area (Å²) in [6, 6.07) is 9.30. The molecule has 15 heavy (non-hydrogen) atoms. The lowest BCUT2D eigenvalue weighted by molar-refractivity contribution is -0.131. The molecule has 3 nitrogen and oxygen atoms in total. The highest BCUT2D eigenvalue weighted by Gasteiger charge is 2.06. The topological polar surface area (TPSA) is 54.4 Å². The van der Waals surface area contributed by atoms with Crippen LogP contribution in [0.2, 0.25) is 0 Å². The van der Waals surface area contributed by atoms with Crippen molar-refractivity contribution in [3.8, 4) is 0 Å². The fraction of sp³-hybridized carbons (Fsp3) is 0.167. The Kier molecular flexibility index (Phi) is 3.80. The van der Waals surface area contributed by atoms with E-state index in [1.54, 1.807) is 0 Å². The largest absolute Gasteiger partial charge is 0.478 e. The maximum absolute atomic E-state index is 11.2. The molecule has 0 saturated heterocycles. The van der Waals surface area contributed by atoms with Gasteiger partial charge in [0.1, 0.15) is 0 Å². The minimum absolute atomic E-state index is 0.207. The summed E-state index contributed by atoms with van der Waals surface area (Å²) in [5, 5.41) is 8.58. The van der Waals surface area contributed by atoms with Crippen LogP contribution in [0.5, 0.6) is 0 Å². The lowest BCUT2D eigenvalue weighted by Gasteiger charge is -2.02. The number of carbonyl (C=O) groups excluding carboxylic acids is 1. The van der Waals surface area contributed by atoms with Crippen LogP contribution in [0, 0.1) is 0 Å². The van der Waals surface area contributed by atoms with Crippen molar-refractivity contribution in [3.05, 3.63) is 47.5 Å². The van der Waals surface area contributed by atoms with Gasteiger partial charge in [0, 0.05) is 18.1 Å². The molecule has 0 aliphatic rings. The smallest absolute Gasteiger partial charge is 0.328 e. The molecule has 1 N–H and O–H groups in total. The summed E-state index contributed by atoms with van der Waals surface area (Å²) in [4.78, 5) is 21.6. The van der Waals surface area contributed by atoms with E-state index in [0.717, 1.165) is 11.6 Å². The van der Waals surface area contributed by atoms with Crippen LogP contribution in [-0.4, -0.2) is 16.9 Å². The van der Waals surface area contributed by atoms with Crippen LogP contribution >= 0.6 is 0 Å². The van der Waals surface area contributed by atoms with Crippen LogP contribution in [0.3, 0.4) is 0 Å². The van der Waals surface area contributed by atoms with Crippen LogP contribution < -0.4 is 0 Å². The SMILES string of the molecule is CC(=O)/C(=C\C(=O)O)Cc1ccccc1. The van der Waals surface area contributed by atoms with Gasteiger partial charge in [-0.15, -0.1) is 0 Å². The van der Waals surface area contributed by atoms with Crippen molar-refractivity contribution < 1.29 is 14.7 Å². The number of ketones is 1. The molecule has 0 radical (unpaired) electrons. The molecule has 78 valence electrons. The van der Waals surface area contributed by atoms with E-state index in [2.05, 4.69) is 0 Å². The van der Waals surface area contributed by atoms with E-state index >= 15 is 0 Å². The highest BCUT2D eigenvalue weighted by atomic mass is 16.4. The number of carboxylic acid groups (broad SMARTS) is 1. The third-order valence-electron chi connectivity index (χ3n) is 1.99. The number of hydrogen-bond acceptors (Lipinski definition) is 2. The van der Waals surface area contributed by atoms with Gasteiger partial charge in [0.05, 0.1) is 0 Å². The Bertz CT molecular complexity index is 391. The second-order valence-corrected chi connectivity index (χ2v) is 3.23. The molecule has 0 aliphatic heterocycles. The van der Waals surface area contributed by atoms with Gasteiger partial charge in [0.25, 0.3) is 0 Å². The second-order valence-electron chi connectivity index (χ2n) is 3.23. The minimum Gasteiger partial charge on any atom is -0.478 e. The van der Waals surface area contributed by atoms with E-state index < -0.39 is 5.97 Å². The van der Waals surface area contributed by atoms with Gasteiger partial charge in [-0.1, -0.05) is 30.3 Å². The molecule has 0 aromatic heterocycles. The molecule has 0 amide bonds. The average molecular weight is 204 g/mol. The first-order valence-corrected chi connectivity index (χ1v) is 4.58. The maximum Gasteiger partial charge on any atom is 0.328 e. The average Bonchev–Trinajstić information content (AvgIpc) is 2.17. The van der Waals surface area contributed by atoms with E-state index in [-0.39, 0.29) is 5.78 Å². The summed E-state index contributed by atoms with van der Waals surface area (Å²) in [6.07, 6.45) is 1.33. The van der Waals surface area contributed by atoms with E-state index in [1.807, 2.05) is 30.3 Å². The Hall–Kier alpha value is -1.90. The molecule has 0 fully saturated rings. The van der Waals surface area contributed by atoms with Crippen LogP contribution in [0.15, 0.2) is 42.0 Å². The van der Waals surface area contributed by atoms with Gasteiger partial charge in [-0.2, -0.15) is 0 Å². The number of aliphatic carboxylic acids is 1. The van der Waals surface area contributed by atoms with Crippen molar-refractivity contribution in [2.75, 3.05) is 0 Å². The highest BCUT2D eigenvalue weighted by molar-refractivity contribution is 5.99. The zero-order valence-electron chi connectivity index (χ0n) is 8.43. The molecule has 0 unspecified atom stereocenters. The molecular formula is C12H12O3. The Morgan fingerprint density at radius 1 is 1.27 bits per heavy atom. The van der Waals surface area contributed by atoms with Crippen molar-refractivity contribution in [2.45, 2.75) is 13.3 Å². The Morgan fingerprint density at radius 2 is 1.87 bits per heavy atom. The van der Waals surface area contributed by atoms with Gasteiger partial charge in [0.2, 0.25) is 0 Å². The summed E-state index contributed by atoms with van der Waals surface area (Å²) in [6.45, 7) is 1.37. The van der Waals surface area contributed by atoms with Gasteiger partial charge in [0.15, 0.2) is 5.78 Å². The lowest BCUT2D eigenvalue weighted by atomic mass is 10.0. The Balaban J connectivity index is 2.86. The first-order valence-electron chi connectivity index (χ1n) is 4.58. The Labute approximate surface area is 88.0 Å². The second kappa shape index (κ2) is 5.10. The molecular weight excluding hydrogens is 192 g/mol. The fourth-order valence-electron chi connectivity index (χ4n) is 1.24. The van der Waals surface area contributed by atoms with E-state index in [9.17, 15) is 9.59 Å². The van der Waals surface area contributed by atoms with Crippen LogP contribution in [0.4, 0.5) is 0 Å². The highest BCUT2D eigenvalue weighted by Crippen LogP contribution is 2.08. The number of carbonyl (C=O) groups is 2. The number of hydrogen-bond donors (Lipinski definition) is 1. The van der Waals surface area contributed by atoms with Gasteiger partial charge < -0.3 is 5.11 Å². The number of benzene rings is 1.